The van der Waals surface area contributed by atoms with Crippen LogP contribution in [0.25, 0.3) is 22.4 Å². The molecular formula is C23H22N4O4. The summed E-state index contributed by atoms with van der Waals surface area (Å²) in [5.41, 5.74) is 1.38. The van der Waals surface area contributed by atoms with E-state index in [0.29, 0.717) is 41.4 Å². The van der Waals surface area contributed by atoms with Crippen LogP contribution < -0.4 is 15.6 Å². The molecule has 2 aromatic carbocycles. The lowest BCUT2D eigenvalue weighted by atomic mass is 10.1. The first-order valence-electron chi connectivity index (χ1n) is 10.1. The van der Waals surface area contributed by atoms with Crippen molar-refractivity contribution in [2.45, 2.75) is 26.8 Å². The summed E-state index contributed by atoms with van der Waals surface area (Å²) in [6.07, 6.45) is 0.627. The minimum atomic E-state index is -0.335. The number of amides is 1. The molecule has 0 atom stereocenters. The van der Waals surface area contributed by atoms with Crippen molar-refractivity contribution in [1.82, 2.24) is 14.7 Å². The molecule has 1 N–H and O–H groups in total. The van der Waals surface area contributed by atoms with E-state index in [0.717, 1.165) is 5.39 Å². The second kappa shape index (κ2) is 8.83. The number of hydrogen-bond acceptors (Lipinski definition) is 6. The Morgan fingerprint density at radius 3 is 2.68 bits per heavy atom. The monoisotopic (exact) mass is 418 g/mol. The Bertz CT molecular complexity index is 1290. The lowest BCUT2D eigenvalue weighted by molar-refractivity contribution is -0.116. The Morgan fingerprint density at radius 2 is 1.90 bits per heavy atom. The van der Waals surface area contributed by atoms with E-state index in [4.69, 9.17) is 9.26 Å². The number of anilines is 1. The molecule has 0 bridgehead atoms. The molecule has 31 heavy (non-hydrogen) atoms. The zero-order chi connectivity index (χ0) is 21.8. The summed E-state index contributed by atoms with van der Waals surface area (Å²) in [6.45, 7) is 4.13. The maximum atomic E-state index is 12.9. The third-order valence-electron chi connectivity index (χ3n) is 4.80. The van der Waals surface area contributed by atoms with Gasteiger partial charge in [0.1, 0.15) is 12.3 Å². The first kappa shape index (κ1) is 20.3. The highest BCUT2D eigenvalue weighted by atomic mass is 16.5. The van der Waals surface area contributed by atoms with Gasteiger partial charge in [0.15, 0.2) is 5.82 Å². The summed E-state index contributed by atoms with van der Waals surface area (Å²) in [4.78, 5) is 30.0. The third-order valence-corrected chi connectivity index (χ3v) is 4.80. The average molecular weight is 418 g/mol. The lowest BCUT2D eigenvalue weighted by Gasteiger charge is -2.14. The van der Waals surface area contributed by atoms with Gasteiger partial charge in [0, 0.05) is 17.9 Å². The van der Waals surface area contributed by atoms with E-state index >= 15 is 0 Å². The molecular weight excluding hydrogens is 396 g/mol. The molecule has 0 unspecified atom stereocenters. The zero-order valence-corrected chi connectivity index (χ0v) is 17.3. The van der Waals surface area contributed by atoms with Crippen molar-refractivity contribution in [3.05, 3.63) is 70.8 Å². The van der Waals surface area contributed by atoms with Gasteiger partial charge in [0.25, 0.3) is 11.4 Å². The highest BCUT2D eigenvalue weighted by Crippen LogP contribution is 2.27. The summed E-state index contributed by atoms with van der Waals surface area (Å²) in [6, 6.07) is 15.9. The van der Waals surface area contributed by atoms with Crippen molar-refractivity contribution in [3.63, 3.8) is 0 Å². The van der Waals surface area contributed by atoms with Crippen LogP contribution in [0, 0.1) is 0 Å². The van der Waals surface area contributed by atoms with Crippen molar-refractivity contribution < 1.29 is 14.1 Å². The molecule has 2 heterocycles. The van der Waals surface area contributed by atoms with Gasteiger partial charge in [-0.1, -0.05) is 42.4 Å². The highest BCUT2D eigenvalue weighted by molar-refractivity contribution is 5.95. The summed E-state index contributed by atoms with van der Waals surface area (Å²) in [5.74, 6) is 1.09. The van der Waals surface area contributed by atoms with Crippen LogP contribution in [0.4, 0.5) is 5.69 Å². The first-order chi connectivity index (χ1) is 15.1. The largest absolute Gasteiger partial charge is 0.492 e. The molecule has 8 nitrogen and oxygen atoms in total. The Kier molecular flexibility index (Phi) is 5.79. The number of aryl methyl sites for hydroxylation is 1. The van der Waals surface area contributed by atoms with Crippen LogP contribution in [0.15, 0.2) is 63.9 Å². The minimum Gasteiger partial charge on any atom is -0.492 e. The van der Waals surface area contributed by atoms with E-state index in [2.05, 4.69) is 15.5 Å². The number of pyridine rings is 1. The van der Waals surface area contributed by atoms with E-state index in [1.54, 1.807) is 18.2 Å². The molecule has 0 aliphatic rings. The Hall–Kier alpha value is -3.94. The molecule has 0 spiro atoms. The molecule has 2 aromatic heterocycles. The van der Waals surface area contributed by atoms with Gasteiger partial charge in [-0.25, -0.2) is 0 Å². The van der Waals surface area contributed by atoms with Gasteiger partial charge >= 0.3 is 0 Å². The first-order valence-corrected chi connectivity index (χ1v) is 10.1. The van der Waals surface area contributed by atoms with Crippen molar-refractivity contribution in [2.24, 2.45) is 0 Å². The third kappa shape index (κ3) is 4.18. The predicted octanol–water partition coefficient (Wildman–Crippen LogP) is 3.65. The van der Waals surface area contributed by atoms with E-state index in [1.807, 2.05) is 44.2 Å². The SMILES string of the molecule is CCOc1ccccc1NC(=O)Cn1c(=O)cc(-c2nc(CC)no2)c2ccccc21. The second-order valence-corrected chi connectivity index (χ2v) is 6.85. The van der Waals surface area contributed by atoms with Crippen LogP contribution in [0.3, 0.4) is 0 Å². The molecule has 8 heteroatoms. The summed E-state index contributed by atoms with van der Waals surface area (Å²) >= 11 is 0. The second-order valence-electron chi connectivity index (χ2n) is 6.85. The molecule has 0 aliphatic carbocycles. The highest BCUT2D eigenvalue weighted by Gasteiger charge is 2.17. The number of hydrogen-bond donors (Lipinski definition) is 1. The summed E-state index contributed by atoms with van der Waals surface area (Å²) in [5, 5.41) is 7.49. The Labute approximate surface area is 178 Å². The van der Waals surface area contributed by atoms with Gasteiger partial charge in [-0.3, -0.25) is 14.2 Å². The number of rotatable bonds is 7. The van der Waals surface area contributed by atoms with Crippen molar-refractivity contribution in [1.29, 1.82) is 0 Å². The van der Waals surface area contributed by atoms with E-state index < -0.39 is 0 Å². The average Bonchev–Trinajstić information content (AvgIpc) is 3.26. The summed E-state index contributed by atoms with van der Waals surface area (Å²) in [7, 11) is 0. The molecule has 4 aromatic rings. The van der Waals surface area contributed by atoms with Crippen molar-refractivity contribution >= 4 is 22.5 Å². The van der Waals surface area contributed by atoms with E-state index in [9.17, 15) is 9.59 Å². The van der Waals surface area contributed by atoms with Crippen LogP contribution >= 0.6 is 0 Å². The number of aromatic nitrogens is 3. The van der Waals surface area contributed by atoms with Gasteiger partial charge in [-0.2, -0.15) is 4.98 Å². The maximum absolute atomic E-state index is 12.9. The number of benzene rings is 2. The summed E-state index contributed by atoms with van der Waals surface area (Å²) < 4.78 is 12.3. The topological polar surface area (TPSA) is 99.2 Å². The minimum absolute atomic E-state index is 0.149. The van der Waals surface area contributed by atoms with Crippen molar-refractivity contribution in [2.75, 3.05) is 11.9 Å². The fourth-order valence-corrected chi connectivity index (χ4v) is 3.37. The molecule has 0 radical (unpaired) electrons. The van der Waals surface area contributed by atoms with Gasteiger partial charge in [-0.15, -0.1) is 0 Å². The van der Waals surface area contributed by atoms with Crippen LogP contribution in [0.5, 0.6) is 5.75 Å². The molecule has 4 rings (SSSR count). The van der Waals surface area contributed by atoms with Crippen LogP contribution in [0.2, 0.25) is 0 Å². The molecule has 0 aliphatic heterocycles. The van der Waals surface area contributed by atoms with Crippen LogP contribution in [-0.2, 0) is 17.8 Å². The van der Waals surface area contributed by atoms with Gasteiger partial charge < -0.3 is 14.6 Å². The quantitative estimate of drug-likeness (QED) is 0.492. The van der Waals surface area contributed by atoms with Crippen LogP contribution in [0.1, 0.15) is 19.7 Å². The molecule has 0 saturated carbocycles. The number of fused-ring (bicyclic) bond motifs is 1. The van der Waals surface area contributed by atoms with Crippen molar-refractivity contribution in [3.8, 4) is 17.2 Å². The number of para-hydroxylation sites is 3. The van der Waals surface area contributed by atoms with Gasteiger partial charge in [-0.05, 0) is 25.1 Å². The fourth-order valence-electron chi connectivity index (χ4n) is 3.37. The molecule has 158 valence electrons. The zero-order valence-electron chi connectivity index (χ0n) is 17.3. The number of ether oxygens (including phenoxy) is 1. The normalized spacial score (nSPS) is 10.9. The van der Waals surface area contributed by atoms with E-state index in [-0.39, 0.29) is 23.9 Å². The number of carbonyl (C=O) groups is 1. The standard InChI is InChI=1S/C23H22N4O4/c1-3-20-25-23(31-26-20)16-13-22(29)27(18-11-7-5-9-15(16)18)14-21(28)24-17-10-6-8-12-19(17)30-4-2/h5-13H,3-4,14H2,1-2H3,(H,24,28). The Balaban J connectivity index is 1.69. The van der Waals surface area contributed by atoms with Gasteiger partial charge in [0.05, 0.1) is 23.4 Å². The molecule has 0 fully saturated rings. The Morgan fingerprint density at radius 1 is 1.13 bits per heavy atom. The lowest BCUT2D eigenvalue weighted by Crippen LogP contribution is -2.28. The predicted molar refractivity (Wildman–Crippen MR) is 117 cm³/mol. The number of carbonyl (C=O) groups excluding carboxylic acids is 1. The maximum Gasteiger partial charge on any atom is 0.258 e. The molecule has 0 saturated heterocycles. The van der Waals surface area contributed by atoms with Gasteiger partial charge in [0.2, 0.25) is 5.91 Å². The van der Waals surface area contributed by atoms with E-state index in [1.165, 1.54) is 10.6 Å². The smallest absolute Gasteiger partial charge is 0.258 e. The van der Waals surface area contributed by atoms with Crippen LogP contribution in [-0.4, -0.2) is 27.2 Å². The number of nitrogens with one attached hydrogen (secondary N) is 1. The fraction of sp³-hybridized carbons (Fsp3) is 0.217. The number of nitrogens with zero attached hydrogens (tertiary/aromatic N) is 3. The molecule has 1 amide bonds.